The van der Waals surface area contributed by atoms with Gasteiger partial charge in [0.15, 0.2) is 0 Å². The second-order valence-corrected chi connectivity index (χ2v) is 7.12. The summed E-state index contributed by atoms with van der Waals surface area (Å²) in [6.45, 7) is 6.14. The number of esters is 1. The van der Waals surface area contributed by atoms with Gasteiger partial charge in [-0.15, -0.1) is 0 Å². The van der Waals surface area contributed by atoms with Gasteiger partial charge in [0, 0.05) is 13.3 Å². The lowest BCUT2D eigenvalue weighted by molar-refractivity contribution is 0.0525. The van der Waals surface area contributed by atoms with E-state index in [9.17, 15) is 9.59 Å². The molecule has 32 heavy (non-hydrogen) atoms. The molecule has 3 rings (SSSR count). The van der Waals surface area contributed by atoms with Crippen LogP contribution < -0.4 is 10.3 Å². The molecule has 0 amide bonds. The van der Waals surface area contributed by atoms with Crippen molar-refractivity contribution in [3.8, 4) is 5.75 Å². The zero-order valence-corrected chi connectivity index (χ0v) is 18.6. The first-order valence-electron chi connectivity index (χ1n) is 10.5. The number of carbonyl (C=O) groups is 1. The summed E-state index contributed by atoms with van der Waals surface area (Å²) in [6, 6.07) is 10.9. The SMILES string of the molecule is CCOC(=O)c1cc2c(=O)n(Cc3ccc(OCCOCCOC)cc3)ccc2nc1C. The fourth-order valence-corrected chi connectivity index (χ4v) is 3.20. The summed E-state index contributed by atoms with van der Waals surface area (Å²) < 4.78 is 22.6. The van der Waals surface area contributed by atoms with Crippen molar-refractivity contribution in [2.75, 3.05) is 40.1 Å². The maximum atomic E-state index is 13.0. The third-order valence-electron chi connectivity index (χ3n) is 4.85. The average molecular weight is 440 g/mol. The second-order valence-electron chi connectivity index (χ2n) is 7.12. The first-order chi connectivity index (χ1) is 15.5. The van der Waals surface area contributed by atoms with E-state index in [1.807, 2.05) is 24.3 Å². The number of rotatable bonds is 11. The molecule has 0 N–H and O–H groups in total. The molecule has 0 aliphatic rings. The predicted molar refractivity (Wildman–Crippen MR) is 120 cm³/mol. The van der Waals surface area contributed by atoms with Gasteiger partial charge in [-0.1, -0.05) is 12.1 Å². The fourth-order valence-electron chi connectivity index (χ4n) is 3.20. The van der Waals surface area contributed by atoms with E-state index in [0.717, 1.165) is 11.3 Å². The summed E-state index contributed by atoms with van der Waals surface area (Å²) in [5, 5.41) is 0.384. The van der Waals surface area contributed by atoms with E-state index in [2.05, 4.69) is 4.98 Å². The van der Waals surface area contributed by atoms with E-state index in [0.29, 0.717) is 55.1 Å². The summed E-state index contributed by atoms with van der Waals surface area (Å²) in [7, 11) is 1.63. The Kier molecular flexibility index (Phi) is 8.35. The molecule has 0 saturated carbocycles. The normalized spacial score (nSPS) is 11.0. The lowest BCUT2D eigenvalue weighted by atomic mass is 10.1. The van der Waals surface area contributed by atoms with E-state index in [1.165, 1.54) is 0 Å². The highest BCUT2D eigenvalue weighted by Crippen LogP contribution is 2.16. The van der Waals surface area contributed by atoms with Crippen molar-refractivity contribution in [2.24, 2.45) is 0 Å². The topological polar surface area (TPSA) is 88.9 Å². The summed E-state index contributed by atoms with van der Waals surface area (Å²) in [5.74, 6) is 0.252. The molecule has 0 radical (unpaired) electrons. The lowest BCUT2D eigenvalue weighted by Crippen LogP contribution is -2.21. The zero-order valence-electron chi connectivity index (χ0n) is 18.6. The second kappa shape index (κ2) is 11.4. The van der Waals surface area contributed by atoms with Crippen LogP contribution in [0.1, 0.15) is 28.5 Å². The number of hydrogen-bond donors (Lipinski definition) is 0. The van der Waals surface area contributed by atoms with Gasteiger partial charge in [-0.25, -0.2) is 4.79 Å². The molecule has 0 atom stereocenters. The minimum Gasteiger partial charge on any atom is -0.491 e. The molecule has 3 aromatic rings. The molecular formula is C24H28N2O6. The molecule has 0 spiro atoms. The van der Waals surface area contributed by atoms with Crippen molar-refractivity contribution >= 4 is 16.9 Å². The molecule has 0 aliphatic heterocycles. The first kappa shape index (κ1) is 23.4. The van der Waals surface area contributed by atoms with Crippen molar-refractivity contribution < 1.29 is 23.7 Å². The Morgan fingerprint density at radius 2 is 1.81 bits per heavy atom. The highest BCUT2D eigenvalue weighted by atomic mass is 16.5. The van der Waals surface area contributed by atoms with Gasteiger partial charge in [-0.05, 0) is 43.7 Å². The lowest BCUT2D eigenvalue weighted by Gasteiger charge is -2.11. The Hall–Kier alpha value is -3.23. The number of carbonyl (C=O) groups excluding carboxylic acids is 1. The van der Waals surface area contributed by atoms with Crippen LogP contribution in [0.25, 0.3) is 10.9 Å². The molecule has 170 valence electrons. The van der Waals surface area contributed by atoms with Crippen molar-refractivity contribution in [3.05, 3.63) is 69.8 Å². The molecule has 2 aromatic heterocycles. The summed E-state index contributed by atoms with van der Waals surface area (Å²) in [5.41, 5.74) is 2.12. The zero-order chi connectivity index (χ0) is 22.9. The van der Waals surface area contributed by atoms with E-state index >= 15 is 0 Å². The van der Waals surface area contributed by atoms with E-state index in [1.54, 1.807) is 43.9 Å². The van der Waals surface area contributed by atoms with Gasteiger partial charge in [0.25, 0.3) is 5.56 Å². The Morgan fingerprint density at radius 1 is 1.06 bits per heavy atom. The Labute approximate surface area is 186 Å². The third kappa shape index (κ3) is 5.93. The van der Waals surface area contributed by atoms with Gasteiger partial charge in [-0.2, -0.15) is 0 Å². The molecule has 2 heterocycles. The van der Waals surface area contributed by atoms with Crippen LogP contribution in [0.5, 0.6) is 5.75 Å². The number of methoxy groups -OCH3 is 1. The molecular weight excluding hydrogens is 412 g/mol. The van der Waals surface area contributed by atoms with Crippen LogP contribution in [-0.4, -0.2) is 55.7 Å². The van der Waals surface area contributed by atoms with Crippen LogP contribution in [0, 0.1) is 6.92 Å². The molecule has 1 aromatic carbocycles. The molecule has 8 nitrogen and oxygen atoms in total. The molecule has 8 heteroatoms. The minimum absolute atomic E-state index is 0.214. The number of ether oxygens (including phenoxy) is 4. The molecule has 0 aliphatic carbocycles. The first-order valence-corrected chi connectivity index (χ1v) is 10.5. The molecule has 0 unspecified atom stereocenters. The number of aryl methyl sites for hydroxylation is 1. The highest BCUT2D eigenvalue weighted by Gasteiger charge is 2.15. The van der Waals surface area contributed by atoms with Crippen LogP contribution in [0.2, 0.25) is 0 Å². The highest BCUT2D eigenvalue weighted by molar-refractivity contribution is 5.94. The quantitative estimate of drug-likeness (QED) is 0.335. The number of nitrogens with zero attached hydrogens (tertiary/aromatic N) is 2. The van der Waals surface area contributed by atoms with Crippen molar-refractivity contribution in [1.29, 1.82) is 0 Å². The molecule has 0 saturated heterocycles. The van der Waals surface area contributed by atoms with Gasteiger partial charge >= 0.3 is 5.97 Å². The third-order valence-corrected chi connectivity index (χ3v) is 4.85. The van der Waals surface area contributed by atoms with Gasteiger partial charge in [0.05, 0.1) is 55.1 Å². The van der Waals surface area contributed by atoms with Crippen LogP contribution >= 0.6 is 0 Å². The van der Waals surface area contributed by atoms with Gasteiger partial charge < -0.3 is 23.5 Å². The predicted octanol–water partition coefficient (Wildman–Crippen LogP) is 2.97. The van der Waals surface area contributed by atoms with Gasteiger partial charge in [0.1, 0.15) is 12.4 Å². The summed E-state index contributed by atoms with van der Waals surface area (Å²) in [6.07, 6.45) is 1.71. The number of benzene rings is 1. The monoisotopic (exact) mass is 440 g/mol. The summed E-state index contributed by atoms with van der Waals surface area (Å²) in [4.78, 5) is 29.6. The van der Waals surface area contributed by atoms with Crippen molar-refractivity contribution in [1.82, 2.24) is 9.55 Å². The van der Waals surface area contributed by atoms with Crippen molar-refractivity contribution in [2.45, 2.75) is 20.4 Å². The number of aromatic nitrogens is 2. The maximum absolute atomic E-state index is 13.0. The molecule has 0 fully saturated rings. The average Bonchev–Trinajstić information content (AvgIpc) is 2.79. The number of hydrogen-bond acceptors (Lipinski definition) is 7. The maximum Gasteiger partial charge on any atom is 0.339 e. The molecule has 0 bridgehead atoms. The minimum atomic E-state index is -0.478. The van der Waals surface area contributed by atoms with Gasteiger partial charge in [-0.3, -0.25) is 9.78 Å². The van der Waals surface area contributed by atoms with Gasteiger partial charge in [0.2, 0.25) is 0 Å². The fraction of sp³-hybridized carbons (Fsp3) is 0.375. The van der Waals surface area contributed by atoms with E-state index < -0.39 is 5.97 Å². The van der Waals surface area contributed by atoms with Crippen LogP contribution in [0.3, 0.4) is 0 Å². The Bertz CT molecular complexity index is 1110. The number of pyridine rings is 2. The largest absolute Gasteiger partial charge is 0.491 e. The standard InChI is InChI=1S/C24H28N2O6/c1-4-31-24(28)20-15-21-22(25-17(20)2)9-10-26(23(21)27)16-18-5-7-19(8-6-18)32-14-13-30-12-11-29-3/h5-10,15H,4,11-14,16H2,1-3H3. The summed E-state index contributed by atoms with van der Waals surface area (Å²) >= 11 is 0. The Balaban J connectivity index is 1.70. The van der Waals surface area contributed by atoms with Crippen LogP contribution in [0.15, 0.2) is 47.4 Å². The Morgan fingerprint density at radius 3 is 2.53 bits per heavy atom. The smallest absolute Gasteiger partial charge is 0.339 e. The van der Waals surface area contributed by atoms with E-state index in [-0.39, 0.29) is 12.2 Å². The van der Waals surface area contributed by atoms with Crippen LogP contribution in [-0.2, 0) is 20.8 Å². The number of fused-ring (bicyclic) bond motifs is 1. The van der Waals surface area contributed by atoms with E-state index in [4.69, 9.17) is 18.9 Å². The van der Waals surface area contributed by atoms with Crippen LogP contribution in [0.4, 0.5) is 0 Å². The van der Waals surface area contributed by atoms with Crippen molar-refractivity contribution in [3.63, 3.8) is 0 Å².